The minimum Gasteiger partial charge on any atom is -0.337 e. The fourth-order valence-electron chi connectivity index (χ4n) is 1.77. The smallest absolute Gasteiger partial charge is 0.255 e. The summed E-state index contributed by atoms with van der Waals surface area (Å²) in [5.74, 6) is -0.717. The van der Waals surface area contributed by atoms with E-state index in [1.807, 2.05) is 13.2 Å². The van der Waals surface area contributed by atoms with Crippen LogP contribution in [0.25, 0.3) is 0 Å². The van der Waals surface area contributed by atoms with Gasteiger partial charge in [0.05, 0.1) is 16.8 Å². The van der Waals surface area contributed by atoms with Crippen molar-refractivity contribution in [1.29, 1.82) is 0 Å². The second-order valence-electron chi connectivity index (χ2n) is 4.31. The van der Waals surface area contributed by atoms with E-state index in [1.54, 1.807) is 17.9 Å². The third-order valence-corrected chi connectivity index (χ3v) is 3.00. The van der Waals surface area contributed by atoms with E-state index in [-0.39, 0.29) is 16.5 Å². The molecule has 4 nitrogen and oxygen atoms in total. The van der Waals surface area contributed by atoms with Gasteiger partial charge >= 0.3 is 0 Å². The Morgan fingerprint density at radius 2 is 2.26 bits per heavy atom. The van der Waals surface area contributed by atoms with Gasteiger partial charge in [-0.25, -0.2) is 4.39 Å². The molecule has 2 rings (SSSR count). The van der Waals surface area contributed by atoms with E-state index in [0.717, 1.165) is 11.6 Å². The Balaban J connectivity index is 2.14. The van der Waals surface area contributed by atoms with Crippen LogP contribution in [-0.4, -0.2) is 27.6 Å². The van der Waals surface area contributed by atoms with E-state index >= 15 is 0 Å². The van der Waals surface area contributed by atoms with Crippen molar-refractivity contribution in [2.45, 2.75) is 6.54 Å². The first-order valence-corrected chi connectivity index (χ1v) is 6.03. The summed E-state index contributed by atoms with van der Waals surface area (Å²) in [6, 6.07) is 3.74. The van der Waals surface area contributed by atoms with E-state index in [1.165, 1.54) is 17.0 Å². The summed E-state index contributed by atoms with van der Waals surface area (Å²) in [5, 5.41) is 4.15. The lowest BCUT2D eigenvalue weighted by Gasteiger charge is -2.17. The molecule has 0 aliphatic carbocycles. The normalized spacial score (nSPS) is 10.5. The second kappa shape index (κ2) is 5.40. The number of aromatic nitrogens is 2. The van der Waals surface area contributed by atoms with Crippen molar-refractivity contribution in [2.24, 2.45) is 7.05 Å². The highest BCUT2D eigenvalue weighted by Crippen LogP contribution is 2.19. The van der Waals surface area contributed by atoms with Crippen molar-refractivity contribution in [2.75, 3.05) is 7.05 Å². The highest BCUT2D eigenvalue weighted by Gasteiger charge is 2.16. The van der Waals surface area contributed by atoms with Crippen LogP contribution in [0, 0.1) is 5.82 Å². The maximum absolute atomic E-state index is 12.9. The van der Waals surface area contributed by atoms with Crippen molar-refractivity contribution >= 4 is 17.5 Å². The van der Waals surface area contributed by atoms with Gasteiger partial charge in [-0.1, -0.05) is 11.6 Å². The quantitative estimate of drug-likeness (QED) is 0.867. The van der Waals surface area contributed by atoms with E-state index in [9.17, 15) is 9.18 Å². The van der Waals surface area contributed by atoms with Crippen molar-refractivity contribution in [1.82, 2.24) is 14.7 Å². The van der Waals surface area contributed by atoms with E-state index in [2.05, 4.69) is 5.10 Å². The molecule has 0 unspecified atom stereocenters. The largest absolute Gasteiger partial charge is 0.337 e. The van der Waals surface area contributed by atoms with Crippen molar-refractivity contribution < 1.29 is 9.18 Å². The van der Waals surface area contributed by atoms with Crippen molar-refractivity contribution in [3.8, 4) is 0 Å². The number of aryl methyl sites for hydroxylation is 1. The average Bonchev–Trinajstić information content (AvgIpc) is 2.74. The van der Waals surface area contributed by atoms with E-state index in [0.29, 0.717) is 6.54 Å². The Hall–Kier alpha value is -1.88. The molecule has 0 radical (unpaired) electrons. The summed E-state index contributed by atoms with van der Waals surface area (Å²) in [6.45, 7) is 0.417. The molecule has 0 atom stereocenters. The monoisotopic (exact) mass is 281 g/mol. The number of carbonyl (C=O) groups is 1. The van der Waals surface area contributed by atoms with Gasteiger partial charge in [0.25, 0.3) is 5.91 Å². The molecular weight excluding hydrogens is 269 g/mol. The van der Waals surface area contributed by atoms with Gasteiger partial charge in [0.2, 0.25) is 0 Å². The van der Waals surface area contributed by atoms with Gasteiger partial charge in [0, 0.05) is 32.4 Å². The Morgan fingerprint density at radius 3 is 2.84 bits per heavy atom. The Morgan fingerprint density at radius 1 is 1.53 bits per heavy atom. The molecule has 6 heteroatoms. The van der Waals surface area contributed by atoms with Gasteiger partial charge in [-0.2, -0.15) is 5.10 Å². The Bertz CT molecular complexity index is 612. The SMILES string of the molecule is CN(Cc1cnn(C)c1)C(=O)c1ccc(F)cc1Cl. The number of hydrogen-bond acceptors (Lipinski definition) is 2. The molecule has 19 heavy (non-hydrogen) atoms. The second-order valence-corrected chi connectivity index (χ2v) is 4.71. The zero-order valence-corrected chi connectivity index (χ0v) is 11.4. The van der Waals surface area contributed by atoms with Crippen LogP contribution in [0.5, 0.6) is 0 Å². The highest BCUT2D eigenvalue weighted by molar-refractivity contribution is 6.33. The third kappa shape index (κ3) is 3.12. The molecule has 2 aromatic rings. The predicted molar refractivity (Wildman–Crippen MR) is 70.4 cm³/mol. The van der Waals surface area contributed by atoms with Crippen LogP contribution in [0.4, 0.5) is 4.39 Å². The molecule has 1 amide bonds. The van der Waals surface area contributed by atoms with Crippen LogP contribution in [0.1, 0.15) is 15.9 Å². The summed E-state index contributed by atoms with van der Waals surface area (Å²) in [5.41, 5.74) is 1.20. The average molecular weight is 282 g/mol. The van der Waals surface area contributed by atoms with Crippen LogP contribution >= 0.6 is 11.6 Å². The molecule has 0 aliphatic rings. The summed E-state index contributed by atoms with van der Waals surface area (Å²) in [7, 11) is 3.47. The van der Waals surface area contributed by atoms with E-state index < -0.39 is 5.82 Å². The summed E-state index contributed by atoms with van der Waals surface area (Å²) in [6.07, 6.45) is 3.52. The summed E-state index contributed by atoms with van der Waals surface area (Å²) < 4.78 is 14.6. The fourth-order valence-corrected chi connectivity index (χ4v) is 2.02. The zero-order chi connectivity index (χ0) is 14.0. The topological polar surface area (TPSA) is 38.1 Å². The highest BCUT2D eigenvalue weighted by atomic mass is 35.5. The predicted octanol–water partition coefficient (Wildman–Crippen LogP) is 2.48. The van der Waals surface area contributed by atoms with Crippen molar-refractivity contribution in [3.05, 3.63) is 52.6 Å². The lowest BCUT2D eigenvalue weighted by molar-refractivity contribution is 0.0785. The minimum absolute atomic E-state index is 0.114. The molecule has 100 valence electrons. The maximum atomic E-state index is 12.9. The number of halogens is 2. The lowest BCUT2D eigenvalue weighted by atomic mass is 10.2. The number of rotatable bonds is 3. The van der Waals surface area contributed by atoms with Crippen LogP contribution in [-0.2, 0) is 13.6 Å². The van der Waals surface area contributed by atoms with Crippen LogP contribution in [0.15, 0.2) is 30.6 Å². The number of nitrogens with zero attached hydrogens (tertiary/aromatic N) is 3. The standard InChI is InChI=1S/C13H13ClFN3O/c1-17(7-9-6-16-18(2)8-9)13(19)11-4-3-10(15)5-12(11)14/h3-6,8H,7H2,1-2H3. The molecule has 0 N–H and O–H groups in total. The number of benzene rings is 1. The fraction of sp³-hybridized carbons (Fsp3) is 0.231. The van der Waals surface area contributed by atoms with Gasteiger partial charge in [-0.15, -0.1) is 0 Å². The van der Waals surface area contributed by atoms with Gasteiger partial charge in [-0.3, -0.25) is 9.48 Å². The van der Waals surface area contributed by atoms with Gasteiger partial charge in [-0.05, 0) is 18.2 Å². The molecular formula is C13H13ClFN3O. The lowest BCUT2D eigenvalue weighted by Crippen LogP contribution is -2.26. The number of amides is 1. The molecule has 0 bridgehead atoms. The number of hydrogen-bond donors (Lipinski definition) is 0. The molecule has 1 heterocycles. The number of carbonyl (C=O) groups excluding carboxylic acids is 1. The first-order valence-electron chi connectivity index (χ1n) is 5.65. The summed E-state index contributed by atoms with van der Waals surface area (Å²) in [4.78, 5) is 13.7. The molecule has 1 aromatic carbocycles. The molecule has 0 aliphatic heterocycles. The Kier molecular flexibility index (Phi) is 3.85. The van der Waals surface area contributed by atoms with Gasteiger partial charge in [0.15, 0.2) is 0 Å². The zero-order valence-electron chi connectivity index (χ0n) is 10.6. The van der Waals surface area contributed by atoms with Crippen LogP contribution < -0.4 is 0 Å². The van der Waals surface area contributed by atoms with E-state index in [4.69, 9.17) is 11.6 Å². The molecule has 0 saturated carbocycles. The first-order chi connectivity index (χ1) is 8.97. The van der Waals surface area contributed by atoms with Gasteiger partial charge < -0.3 is 4.90 Å². The first kappa shape index (κ1) is 13.5. The maximum Gasteiger partial charge on any atom is 0.255 e. The van der Waals surface area contributed by atoms with Crippen LogP contribution in [0.2, 0.25) is 5.02 Å². The van der Waals surface area contributed by atoms with Gasteiger partial charge in [0.1, 0.15) is 5.82 Å². The molecule has 0 spiro atoms. The Labute approximate surface area is 115 Å². The third-order valence-electron chi connectivity index (χ3n) is 2.69. The summed E-state index contributed by atoms with van der Waals surface area (Å²) >= 11 is 5.87. The van der Waals surface area contributed by atoms with Crippen molar-refractivity contribution in [3.63, 3.8) is 0 Å². The molecule has 0 fully saturated rings. The minimum atomic E-state index is -0.462. The molecule has 0 saturated heterocycles. The molecule has 1 aromatic heterocycles. The van der Waals surface area contributed by atoms with Crippen LogP contribution in [0.3, 0.4) is 0 Å².